The highest BCUT2D eigenvalue weighted by atomic mass is 79.9. The zero-order valence-corrected chi connectivity index (χ0v) is 23.1. The molecule has 2 saturated carbocycles. The first kappa shape index (κ1) is 26.2. The van der Waals surface area contributed by atoms with Gasteiger partial charge >= 0.3 is 11.9 Å². The van der Waals surface area contributed by atoms with Crippen molar-refractivity contribution < 1.29 is 28.5 Å². The third-order valence-electron chi connectivity index (χ3n) is 9.54. The van der Waals surface area contributed by atoms with Gasteiger partial charge in [-0.2, -0.15) is 0 Å². The molecule has 6 nitrogen and oxygen atoms in total. The van der Waals surface area contributed by atoms with Crippen LogP contribution in [-0.4, -0.2) is 42.9 Å². The fourth-order valence-electron chi connectivity index (χ4n) is 8.06. The third-order valence-corrected chi connectivity index (χ3v) is 9.99. The van der Waals surface area contributed by atoms with Crippen molar-refractivity contribution in [3.63, 3.8) is 0 Å². The molecule has 5 atom stereocenters. The van der Waals surface area contributed by atoms with Gasteiger partial charge in [0, 0.05) is 18.8 Å². The molecular formula is C29H39BrO6. The lowest BCUT2D eigenvalue weighted by atomic mass is 9.51. The van der Waals surface area contributed by atoms with E-state index in [1.165, 1.54) is 18.1 Å². The molecule has 1 spiro atoms. The Morgan fingerprint density at radius 2 is 1.92 bits per heavy atom. The molecule has 7 heteroatoms. The molecule has 0 radical (unpaired) electrons. The average molecular weight is 564 g/mol. The molecular weight excluding hydrogens is 524 g/mol. The van der Waals surface area contributed by atoms with Crippen LogP contribution in [0, 0.1) is 23.2 Å². The second kappa shape index (κ2) is 10.7. The molecule has 5 rings (SSSR count). The molecule has 1 aromatic rings. The molecule has 3 fully saturated rings. The predicted molar refractivity (Wildman–Crippen MR) is 139 cm³/mol. The molecule has 198 valence electrons. The second-order valence-electron chi connectivity index (χ2n) is 11.4. The summed E-state index contributed by atoms with van der Waals surface area (Å²) in [6.07, 6.45) is 9.71. The molecule has 1 heterocycles. The minimum Gasteiger partial charge on any atom is -0.466 e. The number of unbranched alkanes of at least 4 members (excludes halogenated alkanes) is 2. The van der Waals surface area contributed by atoms with Gasteiger partial charge in [-0.15, -0.1) is 0 Å². The summed E-state index contributed by atoms with van der Waals surface area (Å²) in [5, 5.41) is 0.191. The van der Waals surface area contributed by atoms with Gasteiger partial charge in [0.05, 0.1) is 19.8 Å². The van der Waals surface area contributed by atoms with Crippen LogP contribution in [0.5, 0.6) is 5.75 Å². The maximum atomic E-state index is 11.9. The van der Waals surface area contributed by atoms with E-state index in [1.807, 2.05) is 6.07 Å². The normalized spacial score (nSPS) is 32.0. The van der Waals surface area contributed by atoms with Crippen molar-refractivity contribution >= 4 is 27.9 Å². The molecule has 0 amide bonds. The van der Waals surface area contributed by atoms with Gasteiger partial charge in [-0.25, -0.2) is 0 Å². The zero-order valence-electron chi connectivity index (χ0n) is 21.6. The fourth-order valence-corrected chi connectivity index (χ4v) is 8.17. The van der Waals surface area contributed by atoms with Gasteiger partial charge in [0.1, 0.15) is 11.1 Å². The Balaban J connectivity index is 1.38. The molecule has 4 aliphatic rings. The van der Waals surface area contributed by atoms with Gasteiger partial charge < -0.3 is 18.9 Å². The van der Waals surface area contributed by atoms with Crippen molar-refractivity contribution in [1.82, 2.24) is 0 Å². The second-order valence-corrected chi connectivity index (χ2v) is 11.9. The van der Waals surface area contributed by atoms with E-state index in [0.29, 0.717) is 49.2 Å². The third kappa shape index (κ3) is 4.76. The minimum absolute atomic E-state index is 0.0566. The van der Waals surface area contributed by atoms with E-state index in [2.05, 4.69) is 35.0 Å². The Morgan fingerprint density at radius 3 is 2.67 bits per heavy atom. The average Bonchev–Trinajstić information content (AvgIpc) is 3.46. The number of carbonyl (C=O) groups excluding carboxylic acids is 2. The molecule has 3 aliphatic carbocycles. The summed E-state index contributed by atoms with van der Waals surface area (Å²) in [4.78, 5) is 22.9. The summed E-state index contributed by atoms with van der Waals surface area (Å²) in [5.41, 5.74) is 2.84. The lowest BCUT2D eigenvalue weighted by Gasteiger charge is -2.55. The van der Waals surface area contributed by atoms with Crippen molar-refractivity contribution in [3.05, 3.63) is 29.3 Å². The van der Waals surface area contributed by atoms with E-state index < -0.39 is 5.79 Å². The molecule has 1 saturated heterocycles. The minimum atomic E-state index is -0.398. The highest BCUT2D eigenvalue weighted by molar-refractivity contribution is 9.09. The first-order valence-corrected chi connectivity index (χ1v) is 14.8. The highest BCUT2D eigenvalue weighted by Crippen LogP contribution is 2.67. The highest BCUT2D eigenvalue weighted by Gasteiger charge is 2.66. The van der Waals surface area contributed by atoms with E-state index in [-0.39, 0.29) is 22.7 Å². The Morgan fingerprint density at radius 1 is 1.11 bits per heavy atom. The molecule has 0 aromatic heterocycles. The largest absolute Gasteiger partial charge is 0.466 e. The monoisotopic (exact) mass is 562 g/mol. The lowest BCUT2D eigenvalue weighted by molar-refractivity contribution is -0.238. The lowest BCUT2D eigenvalue weighted by Crippen LogP contribution is -2.53. The topological polar surface area (TPSA) is 71.1 Å². The van der Waals surface area contributed by atoms with Crippen molar-refractivity contribution in [2.75, 3.05) is 25.2 Å². The summed E-state index contributed by atoms with van der Waals surface area (Å²) in [6.45, 7) is 5.83. The van der Waals surface area contributed by atoms with Crippen LogP contribution in [0.4, 0.5) is 0 Å². The van der Waals surface area contributed by atoms with E-state index in [1.54, 1.807) is 0 Å². The first-order valence-electron chi connectivity index (χ1n) is 13.7. The molecule has 0 bridgehead atoms. The summed E-state index contributed by atoms with van der Waals surface area (Å²) in [6, 6.07) is 6.29. The van der Waals surface area contributed by atoms with Gasteiger partial charge in [-0.05, 0) is 85.5 Å². The van der Waals surface area contributed by atoms with Crippen LogP contribution in [0.2, 0.25) is 0 Å². The van der Waals surface area contributed by atoms with Crippen LogP contribution in [0.3, 0.4) is 0 Å². The number of carbonyl (C=O) groups is 2. The van der Waals surface area contributed by atoms with Gasteiger partial charge in [0.25, 0.3) is 0 Å². The van der Waals surface area contributed by atoms with Crippen molar-refractivity contribution in [3.8, 4) is 5.75 Å². The van der Waals surface area contributed by atoms with Crippen molar-refractivity contribution in [2.24, 2.45) is 23.2 Å². The number of ether oxygens (including phenoxy) is 4. The van der Waals surface area contributed by atoms with Gasteiger partial charge in [-0.3, -0.25) is 9.59 Å². The molecule has 36 heavy (non-hydrogen) atoms. The van der Waals surface area contributed by atoms with Crippen molar-refractivity contribution in [2.45, 2.75) is 83.3 Å². The number of halogens is 1. The smallest absolute Gasteiger partial charge is 0.321 e. The Kier molecular flexibility index (Phi) is 7.81. The van der Waals surface area contributed by atoms with Crippen molar-refractivity contribution in [1.29, 1.82) is 0 Å². The standard InChI is InChI=1S/C29H39BrO6/c1-19(31)33-13-5-3-4-6-20-16-21-17-22(36-26(32)18-30)7-8-23(21)24-9-11-28(2)25(27(20)24)10-12-29(28)34-14-15-35-29/h7-8,17,20,24-25,27H,3-6,9-16,18H2,1-2H3/t20-,24-,25+,27-,28+/m1/s1. The summed E-state index contributed by atoms with van der Waals surface area (Å²) in [5.74, 6) is 2.05. The van der Waals surface area contributed by atoms with Crippen LogP contribution in [0.1, 0.15) is 82.3 Å². The summed E-state index contributed by atoms with van der Waals surface area (Å²) >= 11 is 3.19. The molecule has 0 N–H and O–H groups in total. The van der Waals surface area contributed by atoms with E-state index >= 15 is 0 Å². The number of rotatable bonds is 8. The van der Waals surface area contributed by atoms with Crippen LogP contribution in [-0.2, 0) is 30.2 Å². The fraction of sp³-hybridized carbons (Fsp3) is 0.724. The number of hydrogen-bond donors (Lipinski definition) is 0. The Labute approximate surface area is 222 Å². The van der Waals surface area contributed by atoms with E-state index in [4.69, 9.17) is 18.9 Å². The van der Waals surface area contributed by atoms with Crippen LogP contribution >= 0.6 is 15.9 Å². The van der Waals surface area contributed by atoms with E-state index in [9.17, 15) is 9.59 Å². The van der Waals surface area contributed by atoms with Crippen LogP contribution in [0.15, 0.2) is 18.2 Å². The quantitative estimate of drug-likeness (QED) is 0.169. The van der Waals surface area contributed by atoms with E-state index in [0.717, 1.165) is 57.8 Å². The Bertz CT molecular complexity index is 973. The maximum absolute atomic E-state index is 11.9. The SMILES string of the molecule is CC(=O)OCCCCC[C@@H]1Cc2cc(OC(=O)CBr)ccc2[C@H]2CC[C@@]3(C)[C@@H](CCC34OCCO4)[C@H]12. The summed E-state index contributed by atoms with van der Waals surface area (Å²) < 4.78 is 23.4. The molecule has 0 unspecified atom stereocenters. The zero-order chi connectivity index (χ0) is 25.3. The number of hydrogen-bond acceptors (Lipinski definition) is 6. The molecule has 1 aromatic carbocycles. The Hall–Kier alpha value is -1.44. The van der Waals surface area contributed by atoms with Crippen LogP contribution < -0.4 is 4.74 Å². The predicted octanol–water partition coefficient (Wildman–Crippen LogP) is 5.94. The number of fused-ring (bicyclic) bond motifs is 6. The number of alkyl halides is 1. The molecule has 1 aliphatic heterocycles. The number of benzene rings is 1. The number of esters is 2. The van der Waals surface area contributed by atoms with Gasteiger partial charge in [0.15, 0.2) is 5.79 Å². The van der Waals surface area contributed by atoms with Crippen LogP contribution in [0.25, 0.3) is 0 Å². The van der Waals surface area contributed by atoms with Gasteiger partial charge in [-0.1, -0.05) is 41.8 Å². The first-order chi connectivity index (χ1) is 17.4. The summed E-state index contributed by atoms with van der Waals surface area (Å²) in [7, 11) is 0. The van der Waals surface area contributed by atoms with Gasteiger partial charge in [0.2, 0.25) is 0 Å². The maximum Gasteiger partial charge on any atom is 0.321 e.